The molecule has 1 nitrogen and oxygen atoms in total. The highest BCUT2D eigenvalue weighted by atomic mass is 28.2. The molecule has 0 amide bonds. The molecule has 1 aromatic heterocycles. The largest absolute Gasteiger partial charge is 0.265 e. The van der Waals surface area contributed by atoms with Crippen LogP contribution in [0.15, 0.2) is 128 Å². The van der Waals surface area contributed by atoms with Crippen LogP contribution in [0.2, 0.25) is 0 Å². The summed E-state index contributed by atoms with van der Waals surface area (Å²) < 4.78 is 0. The van der Waals surface area contributed by atoms with Crippen molar-refractivity contribution in [2.45, 2.75) is 0 Å². The molecule has 0 bridgehead atoms. The fourth-order valence-electron chi connectivity index (χ4n) is 4.69. The number of aromatic nitrogens is 1. The predicted octanol–water partition coefficient (Wildman–Crippen LogP) is 6.38. The topological polar surface area (TPSA) is 12.9 Å². The maximum Gasteiger partial charge on any atom is 0.121 e. The second-order valence-corrected chi connectivity index (χ2v) is 9.55. The summed E-state index contributed by atoms with van der Waals surface area (Å²) >= 11 is 0. The number of hydrogen-bond acceptors (Lipinski definition) is 1. The van der Waals surface area contributed by atoms with Crippen LogP contribution in [0.3, 0.4) is 0 Å². The molecule has 2 heteroatoms. The molecule has 0 N–H and O–H groups in total. The van der Waals surface area contributed by atoms with Gasteiger partial charge < -0.3 is 0 Å². The van der Waals surface area contributed by atoms with Crippen molar-refractivity contribution in [1.82, 2.24) is 4.98 Å². The zero-order chi connectivity index (χ0) is 22.0. The lowest BCUT2D eigenvalue weighted by molar-refractivity contribution is 1.33. The molecule has 0 saturated heterocycles. The fourth-order valence-corrected chi connectivity index (χ4v) is 5.77. The first-order valence-corrected chi connectivity index (χ1v) is 12.1. The Kier molecular flexibility index (Phi) is 5.06. The van der Waals surface area contributed by atoms with Crippen LogP contribution >= 0.6 is 0 Å². The van der Waals surface area contributed by atoms with Crippen LogP contribution in [0, 0.1) is 0 Å². The van der Waals surface area contributed by atoms with Crippen LogP contribution in [0.1, 0.15) is 0 Å². The molecular weight excluding hydrogens is 414 g/mol. The number of hydrogen-bond donors (Lipinski definition) is 0. The zero-order valence-corrected chi connectivity index (χ0v) is 19.1. The second-order valence-electron chi connectivity index (χ2n) is 8.15. The third-order valence-electron chi connectivity index (χ3n) is 6.12. The normalized spacial score (nSPS) is 11.2. The van der Waals surface area contributed by atoms with Gasteiger partial charge >= 0.3 is 0 Å². The average molecular weight is 436 g/mol. The van der Waals surface area contributed by atoms with Crippen LogP contribution in [-0.2, 0) is 0 Å². The smallest absolute Gasteiger partial charge is 0.121 e. The van der Waals surface area contributed by atoms with Crippen molar-refractivity contribution in [2.75, 3.05) is 0 Å². The molecule has 6 aromatic rings. The molecule has 0 atom stereocenters. The van der Waals surface area contributed by atoms with Gasteiger partial charge in [0.05, 0.1) is 0 Å². The van der Waals surface area contributed by atoms with E-state index in [1.165, 1.54) is 54.2 Å². The summed E-state index contributed by atoms with van der Waals surface area (Å²) in [7, 11) is 0.622. The Hall–Kier alpha value is -4.01. The minimum Gasteiger partial charge on any atom is -0.265 e. The van der Waals surface area contributed by atoms with E-state index in [1.807, 2.05) is 12.4 Å². The number of pyridine rings is 1. The molecule has 0 unspecified atom stereocenters. The van der Waals surface area contributed by atoms with E-state index >= 15 is 0 Å². The molecule has 0 fully saturated rings. The van der Waals surface area contributed by atoms with Crippen molar-refractivity contribution in [3.63, 3.8) is 0 Å². The summed E-state index contributed by atoms with van der Waals surface area (Å²) in [5.74, 6) is 0. The summed E-state index contributed by atoms with van der Waals surface area (Å²) in [4.78, 5) is 4.27. The van der Waals surface area contributed by atoms with Crippen molar-refractivity contribution in [1.29, 1.82) is 0 Å². The van der Waals surface area contributed by atoms with Crippen molar-refractivity contribution in [2.24, 2.45) is 0 Å². The van der Waals surface area contributed by atoms with Crippen molar-refractivity contribution in [3.05, 3.63) is 128 Å². The van der Waals surface area contributed by atoms with Crippen LogP contribution < -0.4 is 10.4 Å². The maximum absolute atomic E-state index is 4.27. The summed E-state index contributed by atoms with van der Waals surface area (Å²) in [6, 6.07) is 41.5. The number of rotatable bonds is 4. The molecule has 33 heavy (non-hydrogen) atoms. The maximum atomic E-state index is 4.27. The summed E-state index contributed by atoms with van der Waals surface area (Å²) in [6.07, 6.45) is 3.77. The van der Waals surface area contributed by atoms with E-state index in [0.717, 1.165) is 0 Å². The monoisotopic (exact) mass is 435 g/mol. The quantitative estimate of drug-likeness (QED) is 0.231. The molecule has 154 valence electrons. The highest BCUT2D eigenvalue weighted by molar-refractivity contribution is 6.67. The summed E-state index contributed by atoms with van der Waals surface area (Å²) in [5, 5.41) is 7.83. The Labute approximate surface area is 196 Å². The standard InChI is InChI=1S/C31H21NSi/c1-3-9-22(10-4-1)30-26-13-7-8-14-27(26)31(23-17-19-32-20-18-23)29-21-25(15-16-28(29)30)33-24-11-5-2-6-12-24/h1-21H. The number of benzene rings is 5. The van der Waals surface area contributed by atoms with Gasteiger partial charge in [0.15, 0.2) is 0 Å². The first kappa shape index (κ1) is 19.7. The fraction of sp³-hybridized carbons (Fsp3) is 0. The van der Waals surface area contributed by atoms with Gasteiger partial charge in [0.1, 0.15) is 9.52 Å². The van der Waals surface area contributed by atoms with E-state index in [1.54, 1.807) is 0 Å². The first-order chi connectivity index (χ1) is 16.4. The molecule has 1 heterocycles. The summed E-state index contributed by atoms with van der Waals surface area (Å²) in [5.41, 5.74) is 5.03. The Morgan fingerprint density at radius 1 is 0.424 bits per heavy atom. The van der Waals surface area contributed by atoms with Gasteiger partial charge in [-0.25, -0.2) is 0 Å². The predicted molar refractivity (Wildman–Crippen MR) is 142 cm³/mol. The van der Waals surface area contributed by atoms with Crippen molar-refractivity contribution < 1.29 is 0 Å². The van der Waals surface area contributed by atoms with Gasteiger partial charge in [0.2, 0.25) is 0 Å². The highest BCUT2D eigenvalue weighted by Crippen LogP contribution is 2.42. The van der Waals surface area contributed by atoms with Crippen molar-refractivity contribution >= 4 is 41.4 Å². The molecule has 5 aromatic carbocycles. The molecule has 2 radical (unpaired) electrons. The molecular formula is C31H21NSi. The molecule has 0 saturated carbocycles. The average Bonchev–Trinajstić information content (AvgIpc) is 2.89. The van der Waals surface area contributed by atoms with Gasteiger partial charge in [0, 0.05) is 12.4 Å². The molecule has 0 spiro atoms. The Balaban J connectivity index is 1.71. The first-order valence-electron chi connectivity index (χ1n) is 11.1. The lowest BCUT2D eigenvalue weighted by Gasteiger charge is -2.18. The van der Waals surface area contributed by atoms with Crippen LogP contribution in [0.4, 0.5) is 0 Å². The van der Waals surface area contributed by atoms with Gasteiger partial charge in [-0.15, -0.1) is 0 Å². The van der Waals surface area contributed by atoms with E-state index < -0.39 is 0 Å². The minimum atomic E-state index is 0.622. The minimum absolute atomic E-state index is 0.622. The Bertz CT molecular complexity index is 1560. The summed E-state index contributed by atoms with van der Waals surface area (Å²) in [6.45, 7) is 0. The lowest BCUT2D eigenvalue weighted by Crippen LogP contribution is -2.26. The molecule has 0 aliphatic heterocycles. The van der Waals surface area contributed by atoms with Gasteiger partial charge in [-0.1, -0.05) is 114 Å². The SMILES string of the molecule is c1ccc([Si]c2ccc3c(-c4ccccc4)c4ccccc4c(-c4ccncc4)c3c2)cc1. The van der Waals surface area contributed by atoms with Gasteiger partial charge in [-0.2, -0.15) is 0 Å². The van der Waals surface area contributed by atoms with Crippen LogP contribution in [0.25, 0.3) is 43.8 Å². The van der Waals surface area contributed by atoms with E-state index in [-0.39, 0.29) is 0 Å². The lowest BCUT2D eigenvalue weighted by atomic mass is 9.86. The van der Waals surface area contributed by atoms with Gasteiger partial charge in [-0.3, -0.25) is 4.98 Å². The van der Waals surface area contributed by atoms with Crippen LogP contribution in [0.5, 0.6) is 0 Å². The third kappa shape index (κ3) is 3.65. The van der Waals surface area contributed by atoms with E-state index in [4.69, 9.17) is 0 Å². The van der Waals surface area contributed by atoms with E-state index in [0.29, 0.717) is 9.52 Å². The van der Waals surface area contributed by atoms with Gasteiger partial charge in [-0.05, 0) is 55.9 Å². The highest BCUT2D eigenvalue weighted by Gasteiger charge is 2.17. The molecule has 0 aliphatic carbocycles. The van der Waals surface area contributed by atoms with Crippen LogP contribution in [-0.4, -0.2) is 14.5 Å². The Morgan fingerprint density at radius 3 is 1.67 bits per heavy atom. The van der Waals surface area contributed by atoms with E-state index in [9.17, 15) is 0 Å². The zero-order valence-electron chi connectivity index (χ0n) is 18.1. The van der Waals surface area contributed by atoms with E-state index in [2.05, 4.69) is 120 Å². The number of nitrogens with zero attached hydrogens (tertiary/aromatic N) is 1. The Morgan fingerprint density at radius 2 is 0.970 bits per heavy atom. The van der Waals surface area contributed by atoms with Crippen molar-refractivity contribution in [3.8, 4) is 22.3 Å². The third-order valence-corrected chi connectivity index (χ3v) is 7.34. The molecule has 6 rings (SSSR count). The number of fused-ring (bicyclic) bond motifs is 2. The molecule has 0 aliphatic rings. The van der Waals surface area contributed by atoms with Gasteiger partial charge in [0.25, 0.3) is 0 Å². The second kappa shape index (κ2) is 8.49.